The molecule has 0 unspecified atom stereocenters. The van der Waals surface area contributed by atoms with Gasteiger partial charge in [-0.05, 0) is 57.3 Å². The lowest BCUT2D eigenvalue weighted by Crippen LogP contribution is -2.47. The molecule has 0 atom stereocenters. The molecule has 2 heterocycles. The molecule has 6 heteroatoms. The van der Waals surface area contributed by atoms with Gasteiger partial charge >= 0.3 is 0 Å². The number of nitrogens with zero attached hydrogens (tertiary/aromatic N) is 4. The molecular weight excluding hydrogens is 338 g/mol. The Morgan fingerprint density at radius 1 is 1.07 bits per heavy atom. The molecule has 3 rings (SSSR count). The Kier molecular flexibility index (Phi) is 6.29. The van der Waals surface area contributed by atoms with Crippen LogP contribution in [-0.2, 0) is 0 Å². The van der Waals surface area contributed by atoms with Gasteiger partial charge in [-0.15, -0.1) is 0 Å². The average molecular weight is 367 g/mol. The van der Waals surface area contributed by atoms with E-state index < -0.39 is 0 Å². The summed E-state index contributed by atoms with van der Waals surface area (Å²) in [6.07, 6.45) is 1.69. The van der Waals surface area contributed by atoms with Crippen molar-refractivity contribution >= 4 is 23.1 Å². The molecule has 2 aromatic rings. The Labute approximate surface area is 161 Å². The molecule has 1 aromatic heterocycles. The van der Waals surface area contributed by atoms with Gasteiger partial charge in [0.05, 0.1) is 0 Å². The van der Waals surface area contributed by atoms with Crippen LogP contribution in [0, 0.1) is 0 Å². The molecule has 1 N–H and O–H groups in total. The van der Waals surface area contributed by atoms with Crippen molar-refractivity contribution in [2.45, 2.75) is 13.8 Å². The third kappa shape index (κ3) is 4.77. The Hall–Kier alpha value is -2.60. The van der Waals surface area contributed by atoms with E-state index in [2.05, 4.69) is 53.1 Å². The fourth-order valence-corrected chi connectivity index (χ4v) is 3.32. The zero-order valence-corrected chi connectivity index (χ0v) is 16.5. The average Bonchev–Trinajstić information content (AvgIpc) is 2.70. The molecule has 144 valence electrons. The number of hydrogen-bond acceptors (Lipinski definition) is 5. The smallest absolute Gasteiger partial charge is 0.254 e. The minimum Gasteiger partial charge on any atom is -0.372 e. The van der Waals surface area contributed by atoms with E-state index in [4.69, 9.17) is 0 Å². The van der Waals surface area contributed by atoms with E-state index in [9.17, 15) is 4.79 Å². The zero-order chi connectivity index (χ0) is 19.2. The highest BCUT2D eigenvalue weighted by Crippen LogP contribution is 2.21. The van der Waals surface area contributed by atoms with Crippen molar-refractivity contribution in [1.29, 1.82) is 0 Å². The van der Waals surface area contributed by atoms with Crippen LogP contribution in [-0.4, -0.2) is 67.0 Å². The molecule has 1 aliphatic heterocycles. The number of amides is 1. The van der Waals surface area contributed by atoms with Gasteiger partial charge in [0.25, 0.3) is 5.91 Å². The number of hydrogen-bond donors (Lipinski definition) is 1. The van der Waals surface area contributed by atoms with Crippen molar-refractivity contribution in [1.82, 2.24) is 14.8 Å². The van der Waals surface area contributed by atoms with Crippen molar-refractivity contribution < 1.29 is 4.79 Å². The lowest BCUT2D eigenvalue weighted by molar-refractivity contribution is 0.0664. The maximum Gasteiger partial charge on any atom is 0.254 e. The molecule has 0 radical (unpaired) electrons. The van der Waals surface area contributed by atoms with Gasteiger partial charge in [-0.2, -0.15) is 0 Å². The first kappa shape index (κ1) is 19.2. The minimum absolute atomic E-state index is 0.0745. The van der Waals surface area contributed by atoms with Crippen molar-refractivity contribution in [3.8, 4) is 0 Å². The van der Waals surface area contributed by atoms with Crippen LogP contribution in [0.25, 0.3) is 0 Å². The summed E-state index contributed by atoms with van der Waals surface area (Å²) in [5.74, 6) is 0.760. The summed E-state index contributed by atoms with van der Waals surface area (Å²) < 4.78 is 0. The Morgan fingerprint density at radius 3 is 2.37 bits per heavy atom. The first-order valence-corrected chi connectivity index (χ1v) is 9.66. The van der Waals surface area contributed by atoms with Crippen LogP contribution in [0.1, 0.15) is 24.2 Å². The third-order valence-corrected chi connectivity index (χ3v) is 5.07. The summed E-state index contributed by atoms with van der Waals surface area (Å²) in [6.45, 7) is 9.66. The highest BCUT2D eigenvalue weighted by atomic mass is 16.2. The van der Waals surface area contributed by atoms with Gasteiger partial charge in [0.1, 0.15) is 5.82 Å². The molecule has 27 heavy (non-hydrogen) atoms. The van der Waals surface area contributed by atoms with Crippen molar-refractivity contribution in [2.75, 3.05) is 56.5 Å². The lowest BCUT2D eigenvalue weighted by atomic mass is 10.2. The second kappa shape index (κ2) is 8.86. The number of benzene rings is 1. The Balaban J connectivity index is 1.68. The van der Waals surface area contributed by atoms with E-state index in [-0.39, 0.29) is 5.91 Å². The van der Waals surface area contributed by atoms with Crippen LogP contribution in [0.4, 0.5) is 17.2 Å². The minimum atomic E-state index is 0.0745. The summed E-state index contributed by atoms with van der Waals surface area (Å²) in [6, 6.07) is 11.9. The molecule has 1 aliphatic rings. The molecule has 0 spiro atoms. The van der Waals surface area contributed by atoms with Gasteiger partial charge in [0.15, 0.2) is 0 Å². The van der Waals surface area contributed by atoms with Gasteiger partial charge in [-0.1, -0.05) is 0 Å². The zero-order valence-electron chi connectivity index (χ0n) is 16.5. The summed E-state index contributed by atoms with van der Waals surface area (Å²) in [4.78, 5) is 23.6. The number of carbonyl (C=O) groups is 1. The van der Waals surface area contributed by atoms with Gasteiger partial charge < -0.3 is 20.0 Å². The van der Waals surface area contributed by atoms with E-state index in [1.807, 2.05) is 23.1 Å². The number of aromatic nitrogens is 1. The standard InChI is InChI=1S/C21H29N5O/c1-4-25(5-2)19-8-6-18(7-9-19)23-20-16-17(10-11-22-20)21(27)26-14-12-24(3)13-15-26/h6-11,16H,4-5,12-15H2,1-3H3,(H,22,23). The summed E-state index contributed by atoms with van der Waals surface area (Å²) >= 11 is 0. The number of anilines is 3. The quantitative estimate of drug-likeness (QED) is 0.850. The Morgan fingerprint density at radius 2 is 1.74 bits per heavy atom. The van der Waals surface area contributed by atoms with Crippen LogP contribution >= 0.6 is 0 Å². The van der Waals surface area contributed by atoms with Crippen LogP contribution in [0.15, 0.2) is 42.6 Å². The number of pyridine rings is 1. The van der Waals surface area contributed by atoms with Crippen molar-refractivity contribution in [3.05, 3.63) is 48.2 Å². The molecule has 1 fully saturated rings. The summed E-state index contributed by atoms with van der Waals surface area (Å²) in [5.41, 5.74) is 2.84. The molecular formula is C21H29N5O. The van der Waals surface area contributed by atoms with Crippen LogP contribution in [0.5, 0.6) is 0 Å². The van der Waals surface area contributed by atoms with Crippen LogP contribution in [0.2, 0.25) is 0 Å². The van der Waals surface area contributed by atoms with Crippen molar-refractivity contribution in [2.24, 2.45) is 0 Å². The number of carbonyl (C=O) groups excluding carboxylic acids is 1. The third-order valence-electron chi connectivity index (χ3n) is 5.07. The molecule has 0 bridgehead atoms. The van der Waals surface area contributed by atoms with Crippen LogP contribution in [0.3, 0.4) is 0 Å². The number of likely N-dealkylation sites (N-methyl/N-ethyl adjacent to an activating group) is 1. The summed E-state index contributed by atoms with van der Waals surface area (Å²) in [7, 11) is 2.09. The summed E-state index contributed by atoms with van der Waals surface area (Å²) in [5, 5.41) is 3.30. The van der Waals surface area contributed by atoms with E-state index in [0.29, 0.717) is 11.4 Å². The lowest BCUT2D eigenvalue weighted by Gasteiger charge is -2.32. The predicted molar refractivity (Wildman–Crippen MR) is 111 cm³/mol. The first-order chi connectivity index (χ1) is 13.1. The SMILES string of the molecule is CCN(CC)c1ccc(Nc2cc(C(=O)N3CCN(C)CC3)ccn2)cc1. The van der Waals surface area contributed by atoms with Gasteiger partial charge in [-0.3, -0.25) is 4.79 Å². The van der Waals surface area contributed by atoms with E-state index in [1.54, 1.807) is 12.3 Å². The second-order valence-corrected chi connectivity index (χ2v) is 6.87. The van der Waals surface area contributed by atoms with E-state index >= 15 is 0 Å². The first-order valence-electron chi connectivity index (χ1n) is 9.66. The maximum absolute atomic E-state index is 12.7. The topological polar surface area (TPSA) is 51.7 Å². The van der Waals surface area contributed by atoms with E-state index in [0.717, 1.165) is 45.0 Å². The fourth-order valence-electron chi connectivity index (χ4n) is 3.32. The van der Waals surface area contributed by atoms with Gasteiger partial charge in [0, 0.05) is 62.4 Å². The van der Waals surface area contributed by atoms with Gasteiger partial charge in [-0.25, -0.2) is 4.98 Å². The fraction of sp³-hybridized carbons (Fsp3) is 0.429. The second-order valence-electron chi connectivity index (χ2n) is 6.87. The molecule has 0 aliphatic carbocycles. The highest BCUT2D eigenvalue weighted by molar-refractivity contribution is 5.95. The monoisotopic (exact) mass is 367 g/mol. The van der Waals surface area contributed by atoms with Crippen molar-refractivity contribution in [3.63, 3.8) is 0 Å². The Bertz CT molecular complexity index is 749. The molecule has 0 saturated carbocycles. The number of piperazine rings is 1. The number of rotatable bonds is 6. The molecule has 1 amide bonds. The van der Waals surface area contributed by atoms with E-state index in [1.165, 1.54) is 5.69 Å². The predicted octanol–water partition coefficient (Wildman–Crippen LogP) is 3.06. The van der Waals surface area contributed by atoms with Crippen LogP contribution < -0.4 is 10.2 Å². The normalized spacial score (nSPS) is 14.9. The largest absolute Gasteiger partial charge is 0.372 e. The number of nitrogens with one attached hydrogen (secondary N) is 1. The van der Waals surface area contributed by atoms with Gasteiger partial charge in [0.2, 0.25) is 0 Å². The molecule has 1 aromatic carbocycles. The molecule has 1 saturated heterocycles. The highest BCUT2D eigenvalue weighted by Gasteiger charge is 2.20. The maximum atomic E-state index is 12.7. The molecule has 6 nitrogen and oxygen atoms in total.